The molecule has 0 aliphatic carbocycles. The first-order chi connectivity index (χ1) is 11.1. The molecule has 0 atom stereocenters. The van der Waals surface area contributed by atoms with Crippen LogP contribution in [0.5, 0.6) is 5.75 Å². The third kappa shape index (κ3) is 3.61. The molecule has 7 nitrogen and oxygen atoms in total. The van der Waals surface area contributed by atoms with Crippen molar-refractivity contribution in [2.24, 2.45) is 0 Å². The Balaban J connectivity index is 1.49. The number of aromatic nitrogens is 2. The van der Waals surface area contributed by atoms with Gasteiger partial charge in [0.2, 0.25) is 5.89 Å². The molecule has 2 heterocycles. The molecule has 23 heavy (non-hydrogen) atoms. The predicted octanol–water partition coefficient (Wildman–Crippen LogP) is 1.41. The third-order valence-electron chi connectivity index (χ3n) is 3.86. The van der Waals surface area contributed by atoms with Gasteiger partial charge in [-0.05, 0) is 18.6 Å². The van der Waals surface area contributed by atoms with E-state index in [1.165, 1.54) is 0 Å². The predicted molar refractivity (Wildman–Crippen MR) is 84.5 cm³/mol. The minimum Gasteiger partial charge on any atom is -0.484 e. The lowest BCUT2D eigenvalue weighted by Crippen LogP contribution is -2.50. The zero-order chi connectivity index (χ0) is 16.2. The van der Waals surface area contributed by atoms with Gasteiger partial charge < -0.3 is 19.0 Å². The van der Waals surface area contributed by atoms with Crippen molar-refractivity contribution in [1.82, 2.24) is 15.1 Å². The number of hydrogen-bond donors (Lipinski definition) is 0. The summed E-state index contributed by atoms with van der Waals surface area (Å²) in [5, 5.41) is 7.83. The molecule has 0 bridgehead atoms. The van der Waals surface area contributed by atoms with Crippen molar-refractivity contribution in [2.45, 2.75) is 13.8 Å². The Hall–Kier alpha value is -2.57. The quantitative estimate of drug-likeness (QED) is 0.849. The van der Waals surface area contributed by atoms with Crippen LogP contribution in [0.3, 0.4) is 0 Å². The van der Waals surface area contributed by atoms with Crippen molar-refractivity contribution in [3.8, 4) is 5.75 Å². The standard InChI is InChI=1S/C16H20N4O3/c1-12-5-3-4-6-14(12)22-11-15(21)19-7-9-20(10-8-19)16-18-17-13(2)23-16/h3-6H,7-11H2,1-2H3. The number of nitrogens with zero attached hydrogens (tertiary/aromatic N) is 4. The number of hydrogen-bond acceptors (Lipinski definition) is 6. The molecule has 1 saturated heterocycles. The molecule has 0 radical (unpaired) electrons. The Labute approximate surface area is 134 Å². The van der Waals surface area contributed by atoms with Crippen molar-refractivity contribution in [3.63, 3.8) is 0 Å². The van der Waals surface area contributed by atoms with E-state index in [4.69, 9.17) is 9.15 Å². The van der Waals surface area contributed by atoms with Crippen LogP contribution in [0.1, 0.15) is 11.5 Å². The number of anilines is 1. The lowest BCUT2D eigenvalue weighted by atomic mass is 10.2. The minimum absolute atomic E-state index is 0.00499. The highest BCUT2D eigenvalue weighted by atomic mass is 16.5. The summed E-state index contributed by atoms with van der Waals surface area (Å²) in [6.45, 7) is 6.39. The van der Waals surface area contributed by atoms with Gasteiger partial charge >= 0.3 is 6.01 Å². The van der Waals surface area contributed by atoms with Crippen LogP contribution in [0.4, 0.5) is 6.01 Å². The number of para-hydroxylation sites is 1. The average molecular weight is 316 g/mol. The van der Waals surface area contributed by atoms with Gasteiger partial charge in [0.05, 0.1) is 0 Å². The van der Waals surface area contributed by atoms with Gasteiger partial charge in [0.15, 0.2) is 6.61 Å². The van der Waals surface area contributed by atoms with Crippen molar-refractivity contribution >= 4 is 11.9 Å². The molecule has 0 unspecified atom stereocenters. The molecule has 1 aromatic carbocycles. The van der Waals surface area contributed by atoms with E-state index in [1.807, 2.05) is 36.1 Å². The number of carbonyl (C=O) groups excluding carboxylic acids is 1. The maximum atomic E-state index is 12.3. The van der Waals surface area contributed by atoms with Crippen molar-refractivity contribution in [2.75, 3.05) is 37.7 Å². The highest BCUT2D eigenvalue weighted by molar-refractivity contribution is 5.78. The summed E-state index contributed by atoms with van der Waals surface area (Å²) in [7, 11) is 0. The number of rotatable bonds is 4. The highest BCUT2D eigenvalue weighted by Crippen LogP contribution is 2.17. The Kier molecular flexibility index (Phi) is 4.45. The number of amides is 1. The molecule has 1 aromatic heterocycles. The molecule has 122 valence electrons. The van der Waals surface area contributed by atoms with E-state index in [1.54, 1.807) is 11.8 Å². The zero-order valence-electron chi connectivity index (χ0n) is 13.4. The van der Waals surface area contributed by atoms with Crippen LogP contribution >= 0.6 is 0 Å². The molecule has 1 aliphatic rings. The summed E-state index contributed by atoms with van der Waals surface area (Å²) in [6.07, 6.45) is 0. The van der Waals surface area contributed by atoms with Crippen molar-refractivity contribution in [3.05, 3.63) is 35.7 Å². The van der Waals surface area contributed by atoms with Crippen LogP contribution in [-0.4, -0.2) is 53.8 Å². The Morgan fingerprint density at radius 3 is 2.57 bits per heavy atom. The summed E-state index contributed by atoms with van der Waals surface area (Å²) in [5.41, 5.74) is 1.02. The molecule has 0 spiro atoms. The molecule has 1 fully saturated rings. The Bertz CT molecular complexity index is 677. The summed E-state index contributed by atoms with van der Waals surface area (Å²) < 4.78 is 11.0. The largest absolute Gasteiger partial charge is 0.484 e. The highest BCUT2D eigenvalue weighted by Gasteiger charge is 2.24. The van der Waals surface area contributed by atoms with Gasteiger partial charge in [-0.2, -0.15) is 0 Å². The SMILES string of the molecule is Cc1nnc(N2CCN(C(=O)COc3ccccc3C)CC2)o1. The molecule has 7 heteroatoms. The molecule has 1 amide bonds. The van der Waals surface area contributed by atoms with E-state index in [0.29, 0.717) is 38.1 Å². The van der Waals surface area contributed by atoms with Gasteiger partial charge in [0.1, 0.15) is 5.75 Å². The van der Waals surface area contributed by atoms with Gasteiger partial charge in [-0.1, -0.05) is 23.3 Å². The Morgan fingerprint density at radius 2 is 1.91 bits per heavy atom. The third-order valence-corrected chi connectivity index (χ3v) is 3.86. The Morgan fingerprint density at radius 1 is 1.17 bits per heavy atom. The first kappa shape index (κ1) is 15.3. The van der Waals surface area contributed by atoms with Gasteiger partial charge in [0.25, 0.3) is 5.91 Å². The minimum atomic E-state index is -0.00499. The second-order valence-electron chi connectivity index (χ2n) is 5.53. The maximum Gasteiger partial charge on any atom is 0.318 e. The van der Waals surface area contributed by atoms with E-state index in [0.717, 1.165) is 11.3 Å². The van der Waals surface area contributed by atoms with Gasteiger partial charge in [-0.25, -0.2) is 0 Å². The van der Waals surface area contributed by atoms with Crippen LogP contribution in [0.25, 0.3) is 0 Å². The molecule has 0 N–H and O–H groups in total. The molecule has 0 saturated carbocycles. The zero-order valence-corrected chi connectivity index (χ0v) is 13.4. The lowest BCUT2D eigenvalue weighted by Gasteiger charge is -2.33. The van der Waals surface area contributed by atoms with E-state index in [2.05, 4.69) is 10.2 Å². The molecular formula is C16H20N4O3. The number of piperazine rings is 1. The van der Waals surface area contributed by atoms with E-state index < -0.39 is 0 Å². The van der Waals surface area contributed by atoms with Crippen LogP contribution in [0, 0.1) is 13.8 Å². The second-order valence-corrected chi connectivity index (χ2v) is 5.53. The van der Waals surface area contributed by atoms with Crippen molar-refractivity contribution in [1.29, 1.82) is 0 Å². The van der Waals surface area contributed by atoms with Crippen LogP contribution < -0.4 is 9.64 Å². The van der Waals surface area contributed by atoms with Crippen LogP contribution in [0.2, 0.25) is 0 Å². The molecule has 3 rings (SSSR count). The molecular weight excluding hydrogens is 296 g/mol. The number of carbonyl (C=O) groups is 1. The fourth-order valence-electron chi connectivity index (χ4n) is 2.51. The maximum absolute atomic E-state index is 12.3. The summed E-state index contributed by atoms with van der Waals surface area (Å²) in [4.78, 5) is 16.1. The molecule has 1 aliphatic heterocycles. The van der Waals surface area contributed by atoms with E-state index in [9.17, 15) is 4.79 Å². The first-order valence-corrected chi connectivity index (χ1v) is 7.65. The van der Waals surface area contributed by atoms with E-state index in [-0.39, 0.29) is 12.5 Å². The summed E-state index contributed by atoms with van der Waals surface area (Å²) >= 11 is 0. The van der Waals surface area contributed by atoms with Crippen LogP contribution in [0.15, 0.2) is 28.7 Å². The summed E-state index contributed by atoms with van der Waals surface area (Å²) in [6, 6.07) is 8.20. The van der Waals surface area contributed by atoms with E-state index >= 15 is 0 Å². The normalized spacial score (nSPS) is 14.9. The monoisotopic (exact) mass is 316 g/mol. The number of aryl methyl sites for hydroxylation is 2. The smallest absolute Gasteiger partial charge is 0.318 e. The lowest BCUT2D eigenvalue weighted by molar-refractivity contribution is -0.133. The van der Waals surface area contributed by atoms with Gasteiger partial charge in [-0.15, -0.1) is 5.10 Å². The topological polar surface area (TPSA) is 71.7 Å². The molecule has 2 aromatic rings. The average Bonchev–Trinajstić information content (AvgIpc) is 3.00. The van der Waals surface area contributed by atoms with Gasteiger partial charge in [-0.3, -0.25) is 4.79 Å². The number of ether oxygens (including phenoxy) is 1. The summed E-state index contributed by atoms with van der Waals surface area (Å²) in [5.74, 6) is 1.29. The van der Waals surface area contributed by atoms with Crippen LogP contribution in [-0.2, 0) is 4.79 Å². The van der Waals surface area contributed by atoms with Crippen molar-refractivity contribution < 1.29 is 13.9 Å². The van der Waals surface area contributed by atoms with Gasteiger partial charge in [0, 0.05) is 33.1 Å². The number of benzene rings is 1. The fourth-order valence-corrected chi connectivity index (χ4v) is 2.51. The first-order valence-electron chi connectivity index (χ1n) is 7.65. The second kappa shape index (κ2) is 6.68. The fraction of sp³-hybridized carbons (Fsp3) is 0.438.